The standard InChI is InChI=1S/C24H24N2O7S/c1-32-24(31)20-16-9-3-2-4-10-17(16)34-21(20)25-18(27)13-33-19(28)11-12-26-22(29)14-7-5-6-8-15(14)23(26)30/h5-8H,2-4,9-13H2,1H3,(H,25,27). The van der Waals surface area contributed by atoms with Gasteiger partial charge in [-0.2, -0.15) is 0 Å². The number of thiophene rings is 1. The van der Waals surface area contributed by atoms with Gasteiger partial charge in [-0.15, -0.1) is 11.3 Å². The van der Waals surface area contributed by atoms with E-state index >= 15 is 0 Å². The number of esters is 2. The van der Waals surface area contributed by atoms with E-state index in [2.05, 4.69) is 5.32 Å². The van der Waals surface area contributed by atoms with E-state index in [1.807, 2.05) is 0 Å². The molecule has 0 atom stereocenters. The number of anilines is 1. The highest BCUT2D eigenvalue weighted by Crippen LogP contribution is 2.38. The molecule has 34 heavy (non-hydrogen) atoms. The fourth-order valence-electron chi connectivity index (χ4n) is 4.17. The Morgan fingerprint density at radius 1 is 1.03 bits per heavy atom. The molecule has 1 aromatic carbocycles. The van der Waals surface area contributed by atoms with Crippen molar-refractivity contribution in [3.05, 3.63) is 51.4 Å². The minimum atomic E-state index is -0.721. The molecule has 1 N–H and O–H groups in total. The van der Waals surface area contributed by atoms with Crippen LogP contribution in [0.15, 0.2) is 24.3 Å². The number of hydrogen-bond acceptors (Lipinski definition) is 8. The SMILES string of the molecule is COC(=O)c1c(NC(=O)COC(=O)CCN2C(=O)c3ccccc3C2=O)sc2c1CCCCC2. The van der Waals surface area contributed by atoms with Crippen molar-refractivity contribution in [1.29, 1.82) is 0 Å². The summed E-state index contributed by atoms with van der Waals surface area (Å²) in [6.45, 7) is -0.693. The lowest BCUT2D eigenvalue weighted by atomic mass is 10.1. The molecule has 9 nitrogen and oxygen atoms in total. The number of carbonyl (C=O) groups excluding carboxylic acids is 5. The van der Waals surface area contributed by atoms with Crippen molar-refractivity contribution in [2.45, 2.75) is 38.5 Å². The van der Waals surface area contributed by atoms with Crippen LogP contribution in [-0.4, -0.2) is 54.8 Å². The summed E-state index contributed by atoms with van der Waals surface area (Å²) in [7, 11) is 1.30. The third-order valence-corrected chi connectivity index (χ3v) is 7.05. The smallest absolute Gasteiger partial charge is 0.341 e. The van der Waals surface area contributed by atoms with Crippen molar-refractivity contribution < 1.29 is 33.4 Å². The van der Waals surface area contributed by atoms with Crippen molar-refractivity contribution in [2.75, 3.05) is 25.6 Å². The number of fused-ring (bicyclic) bond motifs is 2. The molecule has 2 aromatic rings. The predicted octanol–water partition coefficient (Wildman–Crippen LogP) is 2.97. The first-order valence-corrected chi connectivity index (χ1v) is 11.9. The van der Waals surface area contributed by atoms with Crippen molar-refractivity contribution in [3.8, 4) is 0 Å². The van der Waals surface area contributed by atoms with E-state index < -0.39 is 36.3 Å². The summed E-state index contributed by atoms with van der Waals surface area (Å²) in [4.78, 5) is 63.7. The molecule has 4 rings (SSSR count). The van der Waals surface area contributed by atoms with Crippen molar-refractivity contribution in [2.24, 2.45) is 0 Å². The van der Waals surface area contributed by atoms with Gasteiger partial charge >= 0.3 is 11.9 Å². The normalized spacial score (nSPS) is 14.8. The largest absolute Gasteiger partial charge is 0.465 e. The zero-order chi connectivity index (χ0) is 24.2. The lowest BCUT2D eigenvalue weighted by Crippen LogP contribution is -2.32. The van der Waals surface area contributed by atoms with Crippen molar-refractivity contribution >= 4 is 46.0 Å². The van der Waals surface area contributed by atoms with Gasteiger partial charge in [0.25, 0.3) is 17.7 Å². The van der Waals surface area contributed by atoms with E-state index in [0.29, 0.717) is 21.7 Å². The molecule has 0 bridgehead atoms. The zero-order valence-corrected chi connectivity index (χ0v) is 19.5. The van der Waals surface area contributed by atoms with Crippen molar-refractivity contribution in [3.63, 3.8) is 0 Å². The number of imide groups is 1. The van der Waals surface area contributed by atoms with Crippen LogP contribution in [0, 0.1) is 0 Å². The summed E-state index contributed by atoms with van der Waals surface area (Å²) in [5, 5.41) is 3.06. The number of hydrogen-bond donors (Lipinski definition) is 1. The lowest BCUT2D eigenvalue weighted by molar-refractivity contribution is -0.147. The molecule has 0 saturated carbocycles. The highest BCUT2D eigenvalue weighted by molar-refractivity contribution is 7.17. The molecule has 0 saturated heterocycles. The van der Waals surface area contributed by atoms with Crippen LogP contribution in [0.25, 0.3) is 0 Å². The molecule has 0 spiro atoms. The summed E-state index contributed by atoms with van der Waals surface area (Å²) in [5.74, 6) is -2.73. The van der Waals surface area contributed by atoms with Gasteiger partial charge in [-0.25, -0.2) is 4.79 Å². The molecule has 3 amide bonds. The third-order valence-electron chi connectivity index (χ3n) is 5.85. The maximum Gasteiger partial charge on any atom is 0.341 e. The third kappa shape index (κ3) is 4.72. The van der Waals surface area contributed by atoms with Crippen LogP contribution in [0.2, 0.25) is 0 Å². The first-order chi connectivity index (χ1) is 16.4. The van der Waals surface area contributed by atoms with E-state index in [4.69, 9.17) is 9.47 Å². The number of benzene rings is 1. The quantitative estimate of drug-likeness (QED) is 0.365. The summed E-state index contributed by atoms with van der Waals surface area (Å²) < 4.78 is 9.94. The Bertz CT molecular complexity index is 1140. The summed E-state index contributed by atoms with van der Waals surface area (Å²) in [5.41, 5.74) is 1.89. The van der Waals surface area contributed by atoms with Gasteiger partial charge in [-0.3, -0.25) is 24.1 Å². The van der Waals surface area contributed by atoms with Gasteiger partial charge in [0.05, 0.1) is 30.2 Å². The van der Waals surface area contributed by atoms with Crippen LogP contribution in [0.3, 0.4) is 0 Å². The van der Waals surface area contributed by atoms with Crippen LogP contribution in [-0.2, 0) is 31.9 Å². The van der Waals surface area contributed by atoms with Crippen molar-refractivity contribution in [1.82, 2.24) is 4.90 Å². The second-order valence-electron chi connectivity index (χ2n) is 8.03. The Hall–Kier alpha value is -3.53. The van der Waals surface area contributed by atoms with E-state index in [9.17, 15) is 24.0 Å². The number of methoxy groups -OCH3 is 1. The number of nitrogens with zero attached hydrogens (tertiary/aromatic N) is 1. The maximum atomic E-state index is 12.4. The van der Waals surface area contributed by atoms with Crippen LogP contribution in [0.1, 0.15) is 67.2 Å². The van der Waals surface area contributed by atoms with E-state index in [1.165, 1.54) is 18.4 Å². The number of rotatable bonds is 7. The number of aryl methyl sites for hydroxylation is 1. The Balaban J connectivity index is 1.32. The zero-order valence-electron chi connectivity index (χ0n) is 18.7. The second-order valence-corrected chi connectivity index (χ2v) is 9.13. The van der Waals surface area contributed by atoms with Gasteiger partial charge in [-0.1, -0.05) is 18.6 Å². The monoisotopic (exact) mass is 484 g/mol. The second kappa shape index (κ2) is 10.2. The minimum Gasteiger partial charge on any atom is -0.465 e. The molecule has 0 radical (unpaired) electrons. The van der Waals surface area contributed by atoms with Crippen LogP contribution >= 0.6 is 11.3 Å². The molecule has 178 valence electrons. The van der Waals surface area contributed by atoms with Crippen LogP contribution in [0.5, 0.6) is 0 Å². The van der Waals surface area contributed by atoms with E-state index in [1.54, 1.807) is 24.3 Å². The molecule has 1 aliphatic carbocycles. The Labute approximate surface area is 200 Å². The first-order valence-electron chi connectivity index (χ1n) is 11.0. The molecular formula is C24H24N2O7S. The molecule has 0 unspecified atom stereocenters. The lowest BCUT2D eigenvalue weighted by Gasteiger charge is -2.13. The maximum absolute atomic E-state index is 12.4. The molecule has 10 heteroatoms. The van der Waals surface area contributed by atoms with Gasteiger partial charge in [0.2, 0.25) is 0 Å². The average molecular weight is 485 g/mol. The van der Waals surface area contributed by atoms with Crippen LogP contribution in [0.4, 0.5) is 5.00 Å². The fraction of sp³-hybridized carbons (Fsp3) is 0.375. The summed E-state index contributed by atoms with van der Waals surface area (Å²) in [6.07, 6.45) is 4.42. The Morgan fingerprint density at radius 3 is 2.38 bits per heavy atom. The van der Waals surface area contributed by atoms with Gasteiger partial charge in [0, 0.05) is 11.4 Å². The number of nitrogens with one attached hydrogen (secondary N) is 1. The molecular weight excluding hydrogens is 460 g/mol. The molecule has 0 fully saturated rings. The summed E-state index contributed by atoms with van der Waals surface area (Å²) >= 11 is 1.35. The van der Waals surface area contributed by atoms with Gasteiger partial charge in [0.15, 0.2) is 6.61 Å². The molecule has 1 aromatic heterocycles. The average Bonchev–Trinajstić information content (AvgIpc) is 3.17. The minimum absolute atomic E-state index is 0.142. The van der Waals surface area contributed by atoms with E-state index in [-0.39, 0.29) is 13.0 Å². The summed E-state index contributed by atoms with van der Waals surface area (Å²) in [6, 6.07) is 6.45. The fourth-order valence-corrected chi connectivity index (χ4v) is 5.47. The number of ether oxygens (including phenoxy) is 2. The molecule has 1 aliphatic heterocycles. The first kappa shape index (κ1) is 23.6. The van der Waals surface area contributed by atoms with Gasteiger partial charge in [0.1, 0.15) is 5.00 Å². The van der Waals surface area contributed by atoms with Crippen LogP contribution < -0.4 is 5.32 Å². The van der Waals surface area contributed by atoms with Gasteiger partial charge < -0.3 is 14.8 Å². The van der Waals surface area contributed by atoms with E-state index in [0.717, 1.165) is 47.4 Å². The number of carbonyl (C=O) groups is 5. The topological polar surface area (TPSA) is 119 Å². The number of amides is 3. The molecule has 2 aliphatic rings. The Morgan fingerprint density at radius 2 is 1.71 bits per heavy atom. The Kier molecular flexibility index (Phi) is 7.06. The van der Waals surface area contributed by atoms with Gasteiger partial charge in [-0.05, 0) is 43.4 Å². The predicted molar refractivity (Wildman–Crippen MR) is 123 cm³/mol. The molecule has 2 heterocycles. The highest BCUT2D eigenvalue weighted by atomic mass is 32.1. The highest BCUT2D eigenvalue weighted by Gasteiger charge is 2.35.